The van der Waals surface area contributed by atoms with Crippen LogP contribution in [0.15, 0.2) is 48.7 Å². The summed E-state index contributed by atoms with van der Waals surface area (Å²) in [5.41, 5.74) is 3.56. The molecule has 0 unspecified atom stereocenters. The van der Waals surface area contributed by atoms with Crippen LogP contribution in [0.3, 0.4) is 0 Å². The second-order valence-corrected chi connectivity index (χ2v) is 8.51. The van der Waals surface area contributed by atoms with Crippen LogP contribution in [0, 0.1) is 0 Å². The maximum absolute atomic E-state index is 14.6. The second kappa shape index (κ2) is 9.79. The molecule has 2 aliphatic rings. The number of hydrogen-bond acceptors (Lipinski definition) is 5. The highest BCUT2D eigenvalue weighted by atomic mass is 35.5. The van der Waals surface area contributed by atoms with Gasteiger partial charge in [0.15, 0.2) is 11.5 Å². The van der Waals surface area contributed by atoms with E-state index >= 15 is 0 Å². The molecule has 4 aromatic rings. The fraction of sp³-hybridized carbons (Fsp3) is 0.375. The molecule has 4 heterocycles. The van der Waals surface area contributed by atoms with E-state index in [1.54, 1.807) is 0 Å². The predicted molar refractivity (Wildman–Crippen MR) is 132 cm³/mol. The summed E-state index contributed by atoms with van der Waals surface area (Å²) in [6.07, 6.45) is 4.24. The van der Waals surface area contributed by atoms with Gasteiger partial charge in [0.05, 0.1) is 0 Å². The van der Waals surface area contributed by atoms with E-state index in [2.05, 4.69) is 27.8 Å². The Morgan fingerprint density at radius 1 is 0.939 bits per heavy atom. The SMILES string of the molecule is Cl.Cl.F[C@@H]1CCNCC[C@H]1Oc1cccc2ccc(-c3nnc4ccc(C5CC5)cn34)nc12. The van der Waals surface area contributed by atoms with E-state index in [1.165, 1.54) is 18.4 Å². The normalized spacial score (nSPS) is 20.6. The van der Waals surface area contributed by atoms with Crippen molar-refractivity contribution >= 4 is 41.4 Å². The van der Waals surface area contributed by atoms with Crippen LogP contribution in [0.25, 0.3) is 28.1 Å². The number of aromatic nitrogens is 4. The molecule has 174 valence electrons. The van der Waals surface area contributed by atoms with Gasteiger partial charge in [0.25, 0.3) is 0 Å². The third-order valence-electron chi connectivity index (χ3n) is 6.27. The van der Waals surface area contributed by atoms with Gasteiger partial charge in [0.1, 0.15) is 29.2 Å². The highest BCUT2D eigenvalue weighted by Gasteiger charge is 2.26. The topological polar surface area (TPSA) is 64.3 Å². The summed E-state index contributed by atoms with van der Waals surface area (Å²) in [4.78, 5) is 4.89. The minimum atomic E-state index is -0.991. The van der Waals surface area contributed by atoms with Gasteiger partial charge in [-0.25, -0.2) is 9.37 Å². The van der Waals surface area contributed by atoms with E-state index in [9.17, 15) is 4.39 Å². The molecular formula is C24H26Cl2FN5O. The van der Waals surface area contributed by atoms with Crippen molar-refractivity contribution in [2.45, 2.75) is 43.9 Å². The zero-order valence-corrected chi connectivity index (χ0v) is 19.6. The van der Waals surface area contributed by atoms with Gasteiger partial charge in [0, 0.05) is 11.6 Å². The van der Waals surface area contributed by atoms with Crippen molar-refractivity contribution in [1.82, 2.24) is 24.9 Å². The van der Waals surface area contributed by atoms with Crippen molar-refractivity contribution in [2.24, 2.45) is 0 Å². The Balaban J connectivity index is 0.00000130. The number of ether oxygens (including phenoxy) is 1. The largest absolute Gasteiger partial charge is 0.485 e. The first-order valence-corrected chi connectivity index (χ1v) is 11.0. The number of hydrogen-bond donors (Lipinski definition) is 1. The fourth-order valence-corrected chi connectivity index (χ4v) is 4.35. The maximum atomic E-state index is 14.6. The number of alkyl halides is 1. The second-order valence-electron chi connectivity index (χ2n) is 8.51. The predicted octanol–water partition coefficient (Wildman–Crippen LogP) is 5.13. The monoisotopic (exact) mass is 489 g/mol. The molecule has 9 heteroatoms. The number of halogens is 3. The molecule has 1 aliphatic carbocycles. The molecule has 6 rings (SSSR count). The molecule has 1 saturated carbocycles. The first-order chi connectivity index (χ1) is 15.3. The number of benzene rings is 1. The Kier molecular flexibility index (Phi) is 7.02. The zero-order chi connectivity index (χ0) is 20.8. The van der Waals surface area contributed by atoms with Gasteiger partial charge in [-0.05, 0) is 68.5 Å². The quantitative estimate of drug-likeness (QED) is 0.430. The van der Waals surface area contributed by atoms with Crippen LogP contribution < -0.4 is 10.1 Å². The van der Waals surface area contributed by atoms with Crippen LogP contribution in [0.1, 0.15) is 37.2 Å². The molecule has 1 aromatic carbocycles. The Labute approximate surface area is 203 Å². The van der Waals surface area contributed by atoms with Gasteiger partial charge in [0.2, 0.25) is 0 Å². The summed E-state index contributed by atoms with van der Waals surface area (Å²) in [7, 11) is 0. The van der Waals surface area contributed by atoms with Crippen LogP contribution >= 0.6 is 24.8 Å². The lowest BCUT2D eigenvalue weighted by atomic mass is 10.1. The zero-order valence-electron chi connectivity index (χ0n) is 18.0. The highest BCUT2D eigenvalue weighted by Crippen LogP contribution is 2.40. The van der Waals surface area contributed by atoms with E-state index in [4.69, 9.17) is 9.72 Å². The summed E-state index contributed by atoms with van der Waals surface area (Å²) >= 11 is 0. The smallest absolute Gasteiger partial charge is 0.187 e. The number of nitrogens with zero attached hydrogens (tertiary/aromatic N) is 4. The van der Waals surface area contributed by atoms with Crippen molar-refractivity contribution in [3.05, 3.63) is 54.2 Å². The standard InChI is InChI=1S/C24H24FN5O.2ClH/c25-18-10-12-26-13-11-20(18)31-21-3-1-2-16-6-8-19(27-23(16)21)24-29-28-22-9-7-17(14-30(22)24)15-4-5-15;;/h1-3,6-9,14-15,18,20,26H,4-5,10-13H2;2*1H/t18-,20-;;/m1../s1. The Morgan fingerprint density at radius 2 is 1.79 bits per heavy atom. The van der Waals surface area contributed by atoms with Crippen LogP contribution in [-0.4, -0.2) is 44.9 Å². The van der Waals surface area contributed by atoms with Crippen LogP contribution in [0.2, 0.25) is 0 Å². The summed E-state index contributed by atoms with van der Waals surface area (Å²) < 4.78 is 22.7. The fourth-order valence-electron chi connectivity index (χ4n) is 4.35. The average Bonchev–Trinajstić information content (AvgIpc) is 3.59. The molecule has 1 aliphatic heterocycles. The first-order valence-electron chi connectivity index (χ1n) is 11.0. The van der Waals surface area contributed by atoms with E-state index in [0.29, 0.717) is 36.9 Å². The summed E-state index contributed by atoms with van der Waals surface area (Å²) in [6.45, 7) is 1.44. The van der Waals surface area contributed by atoms with Gasteiger partial charge in [-0.1, -0.05) is 24.3 Å². The van der Waals surface area contributed by atoms with Crippen molar-refractivity contribution in [3.8, 4) is 17.3 Å². The maximum Gasteiger partial charge on any atom is 0.187 e. The number of fused-ring (bicyclic) bond motifs is 2. The molecule has 1 N–H and O–H groups in total. The molecule has 0 spiro atoms. The van der Waals surface area contributed by atoms with Gasteiger partial charge < -0.3 is 10.1 Å². The molecule has 2 atom stereocenters. The number of rotatable bonds is 4. The van der Waals surface area contributed by atoms with Gasteiger partial charge >= 0.3 is 0 Å². The number of nitrogens with one attached hydrogen (secondary N) is 1. The minimum Gasteiger partial charge on any atom is -0.485 e. The minimum absolute atomic E-state index is 0. The lowest BCUT2D eigenvalue weighted by Gasteiger charge is -2.21. The summed E-state index contributed by atoms with van der Waals surface area (Å²) in [6, 6.07) is 13.9. The van der Waals surface area contributed by atoms with Gasteiger partial charge in [-0.15, -0.1) is 35.0 Å². The third-order valence-corrected chi connectivity index (χ3v) is 6.27. The first kappa shape index (κ1) is 23.7. The van der Waals surface area contributed by atoms with E-state index in [0.717, 1.165) is 28.8 Å². The molecule has 33 heavy (non-hydrogen) atoms. The van der Waals surface area contributed by atoms with Crippen molar-refractivity contribution < 1.29 is 9.13 Å². The number of pyridine rings is 2. The van der Waals surface area contributed by atoms with E-state index < -0.39 is 12.3 Å². The van der Waals surface area contributed by atoms with E-state index in [1.807, 2.05) is 40.8 Å². The highest BCUT2D eigenvalue weighted by molar-refractivity contribution is 5.86. The average molecular weight is 490 g/mol. The Hall–Kier alpha value is -2.48. The van der Waals surface area contributed by atoms with Crippen molar-refractivity contribution in [1.29, 1.82) is 0 Å². The summed E-state index contributed by atoms with van der Waals surface area (Å²) in [5.74, 6) is 1.96. The van der Waals surface area contributed by atoms with Crippen LogP contribution in [0.5, 0.6) is 5.75 Å². The molecule has 3 aromatic heterocycles. The van der Waals surface area contributed by atoms with Crippen LogP contribution in [-0.2, 0) is 0 Å². The third kappa shape index (κ3) is 4.63. The molecule has 0 radical (unpaired) electrons. The molecular weight excluding hydrogens is 464 g/mol. The Bertz CT molecular complexity index is 1260. The van der Waals surface area contributed by atoms with Gasteiger partial charge in [-0.3, -0.25) is 4.40 Å². The molecule has 6 nitrogen and oxygen atoms in total. The van der Waals surface area contributed by atoms with Gasteiger partial charge in [-0.2, -0.15) is 0 Å². The summed E-state index contributed by atoms with van der Waals surface area (Å²) in [5, 5.41) is 12.9. The number of para-hydroxylation sites is 1. The lowest BCUT2D eigenvalue weighted by Crippen LogP contribution is -2.28. The lowest BCUT2D eigenvalue weighted by molar-refractivity contribution is 0.0983. The molecule has 1 saturated heterocycles. The van der Waals surface area contributed by atoms with Crippen LogP contribution in [0.4, 0.5) is 4.39 Å². The Morgan fingerprint density at radius 3 is 2.64 bits per heavy atom. The van der Waals surface area contributed by atoms with Crippen molar-refractivity contribution in [3.63, 3.8) is 0 Å². The molecule has 2 fully saturated rings. The molecule has 0 amide bonds. The van der Waals surface area contributed by atoms with E-state index in [-0.39, 0.29) is 24.8 Å². The molecule has 0 bridgehead atoms. The van der Waals surface area contributed by atoms with Crippen molar-refractivity contribution in [2.75, 3.05) is 13.1 Å².